The molecule has 0 aromatic carbocycles. The van der Waals surface area contributed by atoms with E-state index in [2.05, 4.69) is 5.43 Å². The minimum absolute atomic E-state index is 0.0759. The number of hydrogen-bond acceptors (Lipinski definition) is 5. The fraction of sp³-hybridized carbons (Fsp3) is 1.00. The van der Waals surface area contributed by atoms with Crippen molar-refractivity contribution in [2.45, 2.75) is 62.8 Å². The fourth-order valence-corrected chi connectivity index (χ4v) is 4.74. The Morgan fingerprint density at radius 3 is 2.45 bits per heavy atom. The van der Waals surface area contributed by atoms with Crippen LogP contribution in [0.15, 0.2) is 0 Å². The highest BCUT2D eigenvalue weighted by Crippen LogP contribution is 2.40. The molecule has 2 fully saturated rings. The Labute approximate surface area is 122 Å². The molecule has 2 rings (SSSR count). The van der Waals surface area contributed by atoms with E-state index >= 15 is 0 Å². The van der Waals surface area contributed by atoms with Crippen molar-refractivity contribution in [3.63, 3.8) is 0 Å². The van der Waals surface area contributed by atoms with Crippen molar-refractivity contribution in [3.8, 4) is 0 Å². The Balaban J connectivity index is 2.05. The molecule has 20 heavy (non-hydrogen) atoms. The van der Waals surface area contributed by atoms with Gasteiger partial charge in [0.25, 0.3) is 0 Å². The van der Waals surface area contributed by atoms with Gasteiger partial charge in [0.2, 0.25) is 0 Å². The van der Waals surface area contributed by atoms with E-state index in [1.807, 2.05) is 6.92 Å². The van der Waals surface area contributed by atoms with Gasteiger partial charge in [-0.05, 0) is 50.9 Å². The number of hydrogen-bond donors (Lipinski definition) is 2. The normalized spacial score (nSPS) is 30.9. The molecule has 4 atom stereocenters. The Bertz CT molecular complexity index is 409. The smallest absolute Gasteiger partial charge is 0.150 e. The molecule has 0 aromatic rings. The number of sulfone groups is 1. The van der Waals surface area contributed by atoms with Crippen LogP contribution in [0.3, 0.4) is 0 Å². The molecule has 0 amide bonds. The third kappa shape index (κ3) is 3.93. The second-order valence-corrected chi connectivity index (χ2v) is 8.65. The van der Waals surface area contributed by atoms with Crippen molar-refractivity contribution in [2.24, 2.45) is 17.7 Å². The van der Waals surface area contributed by atoms with Gasteiger partial charge in [0.05, 0.1) is 17.4 Å². The zero-order valence-corrected chi connectivity index (χ0v) is 13.4. The fourth-order valence-electron chi connectivity index (χ4n) is 3.55. The second kappa shape index (κ2) is 6.73. The van der Waals surface area contributed by atoms with Gasteiger partial charge in [0.1, 0.15) is 9.84 Å². The summed E-state index contributed by atoms with van der Waals surface area (Å²) in [6.07, 6.45) is 7.39. The lowest BCUT2D eigenvalue weighted by Gasteiger charge is -2.37. The summed E-state index contributed by atoms with van der Waals surface area (Å²) in [5.41, 5.74) is 2.93. The maximum Gasteiger partial charge on any atom is 0.150 e. The molecule has 2 aliphatic rings. The molecule has 2 aliphatic carbocycles. The van der Waals surface area contributed by atoms with Gasteiger partial charge in [-0.3, -0.25) is 11.3 Å². The lowest BCUT2D eigenvalue weighted by Crippen LogP contribution is -2.52. The van der Waals surface area contributed by atoms with Crippen LogP contribution in [0.4, 0.5) is 0 Å². The first-order valence-electron chi connectivity index (χ1n) is 7.74. The molecule has 0 radical (unpaired) electrons. The van der Waals surface area contributed by atoms with Gasteiger partial charge in [-0.1, -0.05) is 6.42 Å². The van der Waals surface area contributed by atoms with Crippen LogP contribution >= 0.6 is 0 Å². The lowest BCUT2D eigenvalue weighted by molar-refractivity contribution is -0.00231. The van der Waals surface area contributed by atoms with Crippen LogP contribution in [0, 0.1) is 11.8 Å². The molecule has 2 saturated carbocycles. The molecule has 4 unspecified atom stereocenters. The van der Waals surface area contributed by atoms with Gasteiger partial charge in [0.15, 0.2) is 0 Å². The van der Waals surface area contributed by atoms with E-state index in [-0.39, 0.29) is 17.4 Å². The monoisotopic (exact) mass is 304 g/mol. The van der Waals surface area contributed by atoms with Crippen molar-refractivity contribution in [1.29, 1.82) is 0 Å². The predicted octanol–water partition coefficient (Wildman–Crippen LogP) is 1.24. The van der Waals surface area contributed by atoms with Crippen LogP contribution in [-0.2, 0) is 14.6 Å². The average Bonchev–Trinajstić information content (AvgIpc) is 3.22. The number of nitrogens with one attached hydrogen (secondary N) is 1. The van der Waals surface area contributed by atoms with E-state index in [0.717, 1.165) is 19.3 Å². The molecule has 0 bridgehead atoms. The third-order valence-electron chi connectivity index (χ3n) is 4.77. The lowest BCUT2D eigenvalue weighted by atomic mass is 9.80. The van der Waals surface area contributed by atoms with E-state index in [1.54, 1.807) is 0 Å². The summed E-state index contributed by atoms with van der Waals surface area (Å²) in [7, 11) is -2.95. The van der Waals surface area contributed by atoms with Crippen molar-refractivity contribution >= 4 is 9.84 Å². The molecule has 0 aliphatic heterocycles. The first-order valence-corrected chi connectivity index (χ1v) is 9.69. The van der Waals surface area contributed by atoms with E-state index in [4.69, 9.17) is 10.6 Å². The van der Waals surface area contributed by atoms with Gasteiger partial charge in [-0.25, -0.2) is 8.42 Å². The SMILES string of the molecule is CCOC(C1CC1)C(NN)C1CCCC(S(C)(=O)=O)C1. The molecule has 5 nitrogen and oxygen atoms in total. The first kappa shape index (κ1) is 16.2. The van der Waals surface area contributed by atoms with Gasteiger partial charge in [-0.2, -0.15) is 0 Å². The molecule has 0 saturated heterocycles. The number of nitrogens with two attached hydrogens (primary N) is 1. The quantitative estimate of drug-likeness (QED) is 0.546. The van der Waals surface area contributed by atoms with Crippen LogP contribution < -0.4 is 11.3 Å². The van der Waals surface area contributed by atoms with Crippen LogP contribution in [0.25, 0.3) is 0 Å². The van der Waals surface area contributed by atoms with E-state index in [0.29, 0.717) is 24.9 Å². The zero-order valence-electron chi connectivity index (χ0n) is 12.5. The maximum atomic E-state index is 11.8. The van der Waals surface area contributed by atoms with Crippen LogP contribution in [0.2, 0.25) is 0 Å². The summed E-state index contributed by atoms with van der Waals surface area (Å²) in [4.78, 5) is 0. The van der Waals surface area contributed by atoms with Gasteiger partial charge >= 0.3 is 0 Å². The summed E-state index contributed by atoms with van der Waals surface area (Å²) >= 11 is 0. The Hall–Kier alpha value is -0.170. The predicted molar refractivity (Wildman–Crippen MR) is 79.8 cm³/mol. The molecule has 118 valence electrons. The third-order valence-corrected chi connectivity index (χ3v) is 6.41. The largest absolute Gasteiger partial charge is 0.377 e. The average molecular weight is 304 g/mol. The van der Waals surface area contributed by atoms with Crippen molar-refractivity contribution in [2.75, 3.05) is 12.9 Å². The maximum absolute atomic E-state index is 11.8. The minimum atomic E-state index is -2.95. The first-order chi connectivity index (χ1) is 9.47. The highest BCUT2D eigenvalue weighted by atomic mass is 32.2. The molecule has 0 spiro atoms. The number of ether oxygens (including phenoxy) is 1. The molecule has 3 N–H and O–H groups in total. The topological polar surface area (TPSA) is 81.4 Å². The van der Waals surface area contributed by atoms with Crippen molar-refractivity contribution in [1.82, 2.24) is 5.43 Å². The van der Waals surface area contributed by atoms with Crippen LogP contribution in [0.5, 0.6) is 0 Å². The molecule has 0 heterocycles. The zero-order chi connectivity index (χ0) is 14.8. The number of rotatable bonds is 7. The summed E-state index contributed by atoms with van der Waals surface area (Å²) in [5, 5.41) is -0.210. The summed E-state index contributed by atoms with van der Waals surface area (Å²) in [6.45, 7) is 2.69. The minimum Gasteiger partial charge on any atom is -0.377 e. The number of hydrazine groups is 1. The molecular weight excluding hydrogens is 276 g/mol. The van der Waals surface area contributed by atoms with E-state index < -0.39 is 9.84 Å². The Morgan fingerprint density at radius 1 is 1.25 bits per heavy atom. The summed E-state index contributed by atoms with van der Waals surface area (Å²) < 4.78 is 29.5. The highest BCUT2D eigenvalue weighted by molar-refractivity contribution is 7.91. The highest BCUT2D eigenvalue weighted by Gasteiger charge is 2.42. The molecular formula is C14H28N2O3S. The summed E-state index contributed by atoms with van der Waals surface area (Å²) in [6, 6.07) is 0.0759. The summed E-state index contributed by atoms with van der Waals surface area (Å²) in [5.74, 6) is 6.66. The van der Waals surface area contributed by atoms with E-state index in [9.17, 15) is 8.42 Å². The molecule has 6 heteroatoms. The van der Waals surface area contributed by atoms with E-state index in [1.165, 1.54) is 19.1 Å². The van der Waals surface area contributed by atoms with Crippen LogP contribution in [0.1, 0.15) is 45.4 Å². The Morgan fingerprint density at radius 2 is 1.95 bits per heavy atom. The molecule has 0 aromatic heterocycles. The Kier molecular flexibility index (Phi) is 5.45. The standard InChI is InChI=1S/C14H28N2O3S/c1-3-19-14(10-7-8-10)13(16-15)11-5-4-6-12(9-11)20(2,17)18/h10-14,16H,3-9,15H2,1-2H3. The van der Waals surface area contributed by atoms with Gasteiger partial charge in [0, 0.05) is 12.9 Å². The van der Waals surface area contributed by atoms with Crippen molar-refractivity contribution in [3.05, 3.63) is 0 Å². The van der Waals surface area contributed by atoms with Crippen LogP contribution in [-0.4, -0.2) is 38.7 Å². The van der Waals surface area contributed by atoms with Gasteiger partial charge in [-0.15, -0.1) is 0 Å². The van der Waals surface area contributed by atoms with Crippen molar-refractivity contribution < 1.29 is 13.2 Å². The van der Waals surface area contributed by atoms with Gasteiger partial charge < -0.3 is 4.74 Å². The second-order valence-electron chi connectivity index (χ2n) is 6.33.